The van der Waals surface area contributed by atoms with E-state index in [4.69, 9.17) is 1.37 Å². The minimum absolute atomic E-state index is 0.968. The van der Waals surface area contributed by atoms with Crippen LogP contribution in [0.3, 0.4) is 0 Å². The standard InChI is InChI=1S/C5H8/c1-3-5-4-2/h5H,1,4H2,2H3/i1D. The van der Waals surface area contributed by atoms with E-state index in [1.807, 2.05) is 13.0 Å². The molecule has 5 heavy (non-hydrogen) atoms. The minimum atomic E-state index is 0.968. The summed E-state index contributed by atoms with van der Waals surface area (Å²) in [6, 6.07) is 0. The number of hydrogen-bond acceptors (Lipinski definition) is 0. The Hall–Kier alpha value is -0.480. The largest absolute Gasteiger partial charge is 0.133 e. The van der Waals surface area contributed by atoms with Gasteiger partial charge in [0.25, 0.3) is 0 Å². The second-order valence-corrected chi connectivity index (χ2v) is 0.779. The van der Waals surface area contributed by atoms with E-state index in [1.54, 1.807) is 0 Å². The van der Waals surface area contributed by atoms with Crippen molar-refractivity contribution in [3.63, 3.8) is 0 Å². The maximum Gasteiger partial charge on any atom is 0.0627 e. The molecule has 28 valence electrons. The predicted molar refractivity (Wildman–Crippen MR) is 24.0 cm³/mol. The van der Waals surface area contributed by atoms with Crippen molar-refractivity contribution >= 4 is 0 Å². The molecule has 0 aromatic carbocycles. The highest BCUT2D eigenvalue weighted by Crippen LogP contribution is 1.69. The van der Waals surface area contributed by atoms with E-state index in [0.29, 0.717) is 0 Å². The molecule has 0 heterocycles. The van der Waals surface area contributed by atoms with E-state index >= 15 is 0 Å². The molecule has 0 rings (SSSR count). The highest BCUT2D eigenvalue weighted by Gasteiger charge is 1.49. The third kappa shape index (κ3) is 3.52. The van der Waals surface area contributed by atoms with Gasteiger partial charge in [0.1, 0.15) is 0 Å². The van der Waals surface area contributed by atoms with Gasteiger partial charge < -0.3 is 0 Å². The van der Waals surface area contributed by atoms with Gasteiger partial charge in [0.2, 0.25) is 0 Å². The lowest BCUT2D eigenvalue weighted by Gasteiger charge is -1.59. The van der Waals surface area contributed by atoms with E-state index in [1.165, 1.54) is 0 Å². The van der Waals surface area contributed by atoms with Crippen molar-refractivity contribution in [1.29, 1.82) is 0 Å². The molecule has 0 aliphatic carbocycles. The van der Waals surface area contributed by atoms with Gasteiger partial charge >= 0.3 is 0 Å². The van der Waals surface area contributed by atoms with Gasteiger partial charge in [-0.05, 0) is 12.5 Å². The predicted octanol–water partition coefficient (Wildman–Crippen LogP) is 1.74. The van der Waals surface area contributed by atoms with Crippen LogP contribution in [0.5, 0.6) is 0 Å². The molecular formula is C5H8. The first-order valence-corrected chi connectivity index (χ1v) is 1.69. The number of rotatable bonds is 1. The fourth-order valence-corrected chi connectivity index (χ4v) is 0.118. The zero-order valence-electron chi connectivity index (χ0n) is 4.36. The molecule has 0 N–H and O–H groups in total. The summed E-state index contributed by atoms with van der Waals surface area (Å²) in [5, 5.41) is 0. The summed E-state index contributed by atoms with van der Waals surface area (Å²) in [6.45, 7) is 3.17. The van der Waals surface area contributed by atoms with Gasteiger partial charge in [-0.1, -0.05) is 13.5 Å². The highest BCUT2D eigenvalue weighted by atomic mass is 13.6. The maximum atomic E-state index is 6.44. The second kappa shape index (κ2) is 3.52. The van der Waals surface area contributed by atoms with E-state index in [9.17, 15) is 0 Å². The van der Waals surface area contributed by atoms with Crippen LogP contribution in [0, 0.1) is 0 Å². The molecule has 0 aromatic rings. The van der Waals surface area contributed by atoms with Crippen molar-refractivity contribution in [3.05, 3.63) is 18.4 Å². The molecule has 0 aliphatic heterocycles. The Balaban J connectivity index is 3.18. The van der Waals surface area contributed by atoms with Gasteiger partial charge in [-0.25, -0.2) is 0 Å². The summed E-state index contributed by atoms with van der Waals surface area (Å²) in [7, 11) is 0. The van der Waals surface area contributed by atoms with Gasteiger partial charge in [-0.15, -0.1) is 5.73 Å². The zero-order chi connectivity index (χ0) is 4.83. The van der Waals surface area contributed by atoms with E-state index < -0.39 is 0 Å². The fraction of sp³-hybridized carbons (Fsp3) is 0.400. The smallest absolute Gasteiger partial charge is 0.0627 e. The van der Waals surface area contributed by atoms with Crippen molar-refractivity contribution in [3.8, 4) is 0 Å². The average Bonchev–Trinajstić information content (AvgIpc) is 1.61. The van der Waals surface area contributed by atoms with E-state index in [2.05, 4.69) is 5.73 Å². The van der Waals surface area contributed by atoms with Crippen molar-refractivity contribution in [2.75, 3.05) is 0 Å². The van der Waals surface area contributed by atoms with Crippen molar-refractivity contribution in [2.24, 2.45) is 0 Å². The van der Waals surface area contributed by atoms with Crippen LogP contribution < -0.4 is 0 Å². The summed E-state index contributed by atoms with van der Waals surface area (Å²) >= 11 is 0. The van der Waals surface area contributed by atoms with Crippen LogP contribution in [0.25, 0.3) is 0 Å². The molecule has 0 nitrogen and oxygen atoms in total. The maximum absolute atomic E-state index is 6.44. The average molecular weight is 69.1 g/mol. The molecule has 0 heteroatoms. The van der Waals surface area contributed by atoms with Crippen molar-refractivity contribution in [1.82, 2.24) is 0 Å². The first kappa shape index (κ1) is 2.74. The number of allylic oxidation sites excluding steroid dienone is 1. The lowest BCUT2D eigenvalue weighted by Crippen LogP contribution is -1.39. The van der Waals surface area contributed by atoms with E-state index in [-0.39, 0.29) is 0 Å². The molecule has 0 bridgehead atoms. The monoisotopic (exact) mass is 69.1 g/mol. The Labute approximate surface area is 34.2 Å². The summed E-state index contributed by atoms with van der Waals surface area (Å²) in [5.41, 5.74) is 2.61. The molecule has 0 aliphatic rings. The Morgan fingerprint density at radius 1 is 2.40 bits per heavy atom. The van der Waals surface area contributed by atoms with Gasteiger partial charge in [0.15, 0.2) is 0 Å². The van der Waals surface area contributed by atoms with Crippen LogP contribution >= 0.6 is 0 Å². The van der Waals surface area contributed by atoms with Crippen LogP contribution in [0.2, 0.25) is 0 Å². The SMILES string of the molecule is [2H]C=C=CCC. The Morgan fingerprint density at radius 3 is 3.40 bits per heavy atom. The van der Waals surface area contributed by atoms with Crippen LogP contribution in [0.4, 0.5) is 0 Å². The topological polar surface area (TPSA) is 0 Å². The second-order valence-electron chi connectivity index (χ2n) is 0.779. The Bertz CT molecular complexity index is 68.0. The highest BCUT2D eigenvalue weighted by molar-refractivity contribution is 4.72. The molecule has 0 saturated carbocycles. The summed E-state index contributed by atoms with van der Waals surface area (Å²) < 4.78 is 6.44. The van der Waals surface area contributed by atoms with Crippen LogP contribution in [-0.2, 0) is 0 Å². The minimum Gasteiger partial charge on any atom is -0.133 e. The summed E-state index contributed by atoms with van der Waals surface area (Å²) in [5.74, 6) is 0. The zero-order valence-corrected chi connectivity index (χ0v) is 3.36. The van der Waals surface area contributed by atoms with Crippen LogP contribution in [0.1, 0.15) is 14.7 Å². The van der Waals surface area contributed by atoms with E-state index in [0.717, 1.165) is 13.0 Å². The molecular weight excluding hydrogens is 60.1 g/mol. The third-order valence-corrected chi connectivity index (χ3v) is 0.322. The lowest BCUT2D eigenvalue weighted by molar-refractivity contribution is 1.23. The molecule has 0 saturated heterocycles. The van der Waals surface area contributed by atoms with Gasteiger partial charge in [0, 0.05) is 0 Å². The normalized spacial score (nSPS) is 7.80. The quantitative estimate of drug-likeness (QED) is 0.411. The summed E-state index contributed by atoms with van der Waals surface area (Å²) in [4.78, 5) is 0. The molecule has 0 radical (unpaired) electrons. The molecule has 0 atom stereocenters. The number of hydrogen-bond donors (Lipinski definition) is 0. The van der Waals surface area contributed by atoms with Gasteiger partial charge in [0.05, 0.1) is 1.37 Å². The fourth-order valence-electron chi connectivity index (χ4n) is 0.118. The Kier molecular flexibility index (Phi) is 1.93. The van der Waals surface area contributed by atoms with Crippen molar-refractivity contribution in [2.45, 2.75) is 13.3 Å². The van der Waals surface area contributed by atoms with Gasteiger partial charge in [-0.3, -0.25) is 0 Å². The third-order valence-electron chi connectivity index (χ3n) is 0.322. The van der Waals surface area contributed by atoms with Crippen LogP contribution in [-0.4, -0.2) is 0 Å². The first-order chi connectivity index (χ1) is 2.91. The molecule has 0 amide bonds. The Morgan fingerprint density at radius 2 is 3.20 bits per heavy atom. The molecule has 0 unspecified atom stereocenters. The summed E-state index contributed by atoms with van der Waals surface area (Å²) in [6.07, 6.45) is 2.78. The molecule has 0 fully saturated rings. The van der Waals surface area contributed by atoms with Crippen LogP contribution in [0.15, 0.2) is 18.4 Å². The lowest BCUT2D eigenvalue weighted by atomic mass is 10.5. The molecule has 0 aromatic heterocycles. The first-order valence-electron chi connectivity index (χ1n) is 2.27. The van der Waals surface area contributed by atoms with Gasteiger partial charge in [-0.2, -0.15) is 0 Å². The molecule has 0 spiro atoms. The van der Waals surface area contributed by atoms with Crippen molar-refractivity contribution < 1.29 is 1.37 Å².